The Morgan fingerprint density at radius 1 is 0.978 bits per heavy atom. The molecule has 2 fully saturated rings. The van der Waals surface area contributed by atoms with E-state index < -0.39 is 47.2 Å². The zero-order valence-electron chi connectivity index (χ0n) is 26.2. The number of ether oxygens (including phenoxy) is 2. The fourth-order valence-electron chi connectivity index (χ4n) is 6.93. The van der Waals surface area contributed by atoms with Crippen LogP contribution in [-0.4, -0.2) is 48.1 Å². The van der Waals surface area contributed by atoms with Gasteiger partial charge in [-0.25, -0.2) is 9.69 Å². The first-order chi connectivity index (χ1) is 22.2. The summed E-state index contributed by atoms with van der Waals surface area (Å²) in [6.07, 6.45) is 1.30. The molecule has 11 heteroatoms. The second-order valence-electron chi connectivity index (χ2n) is 11.6. The number of anilines is 1. The van der Waals surface area contributed by atoms with Crippen molar-refractivity contribution in [1.82, 2.24) is 10.6 Å². The minimum Gasteiger partial charge on any atom is -0.493 e. The van der Waals surface area contributed by atoms with Crippen molar-refractivity contribution in [1.29, 1.82) is 0 Å². The SMILES string of the molecule is CCc1cccc(CC)c1N1C(=O)C2C(c3cccc(OC)c3OCc3ccccc3)NC(CCCNC(N)=O)(C(=O)O)C2C1=O. The Morgan fingerprint density at radius 2 is 1.65 bits per heavy atom. The van der Waals surface area contributed by atoms with Crippen molar-refractivity contribution >= 4 is 29.5 Å². The van der Waals surface area contributed by atoms with Gasteiger partial charge in [0.15, 0.2) is 11.5 Å². The molecule has 0 saturated carbocycles. The van der Waals surface area contributed by atoms with Crippen LogP contribution in [0.5, 0.6) is 11.5 Å². The van der Waals surface area contributed by atoms with Crippen LogP contribution in [0.25, 0.3) is 0 Å². The van der Waals surface area contributed by atoms with E-state index in [0.29, 0.717) is 35.6 Å². The highest BCUT2D eigenvalue weighted by Crippen LogP contribution is 2.54. The lowest BCUT2D eigenvalue weighted by atomic mass is 9.77. The molecular formula is C35H40N4O7. The number of amides is 4. The average Bonchev–Trinajstić information content (AvgIpc) is 3.54. The first kappa shape index (κ1) is 32.5. The van der Waals surface area contributed by atoms with Crippen LogP contribution in [0.1, 0.15) is 55.0 Å². The van der Waals surface area contributed by atoms with Gasteiger partial charge in [-0.05, 0) is 48.4 Å². The number of hydrogen-bond acceptors (Lipinski definition) is 7. The number of rotatable bonds is 13. The van der Waals surface area contributed by atoms with Crippen molar-refractivity contribution in [3.63, 3.8) is 0 Å². The van der Waals surface area contributed by atoms with Gasteiger partial charge in [0, 0.05) is 18.2 Å². The van der Waals surface area contributed by atoms with E-state index in [1.807, 2.05) is 62.4 Å². The number of imide groups is 1. The quantitative estimate of drug-likeness (QED) is 0.162. The van der Waals surface area contributed by atoms with Crippen molar-refractivity contribution in [2.45, 2.75) is 57.7 Å². The lowest BCUT2D eigenvalue weighted by molar-refractivity contribution is -0.149. The van der Waals surface area contributed by atoms with Gasteiger partial charge in [-0.15, -0.1) is 0 Å². The Balaban J connectivity index is 1.65. The molecule has 4 amide bonds. The normalized spacial score (nSPS) is 22.1. The molecule has 5 N–H and O–H groups in total. The Hall–Kier alpha value is -4.90. The Morgan fingerprint density at radius 3 is 2.26 bits per heavy atom. The summed E-state index contributed by atoms with van der Waals surface area (Å²) in [5, 5.41) is 16.6. The largest absolute Gasteiger partial charge is 0.493 e. The summed E-state index contributed by atoms with van der Waals surface area (Å²) in [7, 11) is 1.51. The van der Waals surface area contributed by atoms with Crippen LogP contribution in [0.15, 0.2) is 66.7 Å². The second kappa shape index (κ2) is 13.6. The molecular weight excluding hydrogens is 588 g/mol. The van der Waals surface area contributed by atoms with Crippen molar-refractivity contribution in [2.75, 3.05) is 18.6 Å². The number of carboxylic acids is 1. The Bertz CT molecular complexity index is 1610. The molecule has 0 bridgehead atoms. The van der Waals surface area contributed by atoms with Crippen LogP contribution in [0.3, 0.4) is 0 Å². The van der Waals surface area contributed by atoms with E-state index >= 15 is 0 Å². The van der Waals surface area contributed by atoms with E-state index in [1.54, 1.807) is 18.2 Å². The number of urea groups is 1. The molecule has 3 aromatic rings. The number of primary amides is 1. The fourth-order valence-corrected chi connectivity index (χ4v) is 6.93. The van der Waals surface area contributed by atoms with Crippen LogP contribution in [0.4, 0.5) is 10.5 Å². The van der Waals surface area contributed by atoms with Crippen molar-refractivity contribution in [3.8, 4) is 11.5 Å². The van der Waals surface area contributed by atoms with Crippen LogP contribution >= 0.6 is 0 Å². The average molecular weight is 629 g/mol. The molecule has 0 spiro atoms. The highest BCUT2D eigenvalue weighted by atomic mass is 16.5. The first-order valence-corrected chi connectivity index (χ1v) is 15.5. The number of para-hydroxylation sites is 2. The van der Waals surface area contributed by atoms with E-state index in [0.717, 1.165) is 16.7 Å². The number of methoxy groups -OCH3 is 1. The number of aliphatic carboxylic acids is 1. The third-order valence-electron chi connectivity index (χ3n) is 9.06. The maximum absolute atomic E-state index is 14.6. The predicted molar refractivity (Wildman–Crippen MR) is 172 cm³/mol. The maximum Gasteiger partial charge on any atom is 0.324 e. The van der Waals surface area contributed by atoms with Gasteiger partial charge in [0.05, 0.1) is 24.6 Å². The number of aryl methyl sites for hydroxylation is 2. The molecule has 0 aromatic heterocycles. The summed E-state index contributed by atoms with van der Waals surface area (Å²) in [6, 6.07) is 18.8. The van der Waals surface area contributed by atoms with E-state index in [-0.39, 0.29) is 26.0 Å². The van der Waals surface area contributed by atoms with Crippen molar-refractivity contribution in [3.05, 3.63) is 89.0 Å². The van der Waals surface area contributed by atoms with Gasteiger partial charge in [0.1, 0.15) is 12.1 Å². The monoisotopic (exact) mass is 628 g/mol. The minimum absolute atomic E-state index is 0.0482. The van der Waals surface area contributed by atoms with Gasteiger partial charge >= 0.3 is 12.0 Å². The molecule has 242 valence electrons. The van der Waals surface area contributed by atoms with Gasteiger partial charge in [-0.2, -0.15) is 0 Å². The minimum atomic E-state index is -1.83. The molecule has 4 unspecified atom stereocenters. The van der Waals surface area contributed by atoms with Gasteiger partial charge in [0.2, 0.25) is 11.8 Å². The van der Waals surface area contributed by atoms with E-state index in [4.69, 9.17) is 15.2 Å². The lowest BCUT2D eigenvalue weighted by Crippen LogP contribution is -2.56. The lowest BCUT2D eigenvalue weighted by Gasteiger charge is -2.32. The van der Waals surface area contributed by atoms with Gasteiger partial charge < -0.3 is 25.6 Å². The van der Waals surface area contributed by atoms with Crippen LogP contribution in [0.2, 0.25) is 0 Å². The Labute approximate surface area is 268 Å². The van der Waals surface area contributed by atoms with Crippen molar-refractivity contribution < 1.29 is 33.8 Å². The molecule has 46 heavy (non-hydrogen) atoms. The highest BCUT2D eigenvalue weighted by Gasteiger charge is 2.69. The molecule has 4 atom stereocenters. The zero-order valence-corrected chi connectivity index (χ0v) is 26.2. The van der Waals surface area contributed by atoms with E-state index in [2.05, 4.69) is 10.6 Å². The standard InChI is InChI=1S/C35H40N4O7/c1-4-22-14-9-15-23(5-2)29(22)39-31(40)26-27(32(39)41)35(33(42)43,18-11-19-37-34(36)44)38-28(26)24-16-10-17-25(45-3)30(24)46-20-21-12-7-6-8-13-21/h6-10,12-17,26-28,38H,4-5,11,18-20H2,1-3H3,(H,42,43)(H3,36,37,44). The number of nitrogens with two attached hydrogens (primary N) is 1. The van der Waals surface area contributed by atoms with E-state index in [1.165, 1.54) is 12.0 Å². The zero-order chi connectivity index (χ0) is 33.0. The number of carbonyl (C=O) groups excluding carboxylic acids is 3. The molecule has 0 aliphatic carbocycles. The molecule has 5 rings (SSSR count). The maximum atomic E-state index is 14.6. The third kappa shape index (κ3) is 5.78. The fraction of sp³-hybridized carbons (Fsp3) is 0.371. The number of nitrogens with zero attached hydrogens (tertiary/aromatic N) is 1. The predicted octanol–water partition coefficient (Wildman–Crippen LogP) is 4.12. The van der Waals surface area contributed by atoms with Gasteiger partial charge in [0.25, 0.3) is 0 Å². The molecule has 0 radical (unpaired) electrons. The topological polar surface area (TPSA) is 160 Å². The summed E-state index contributed by atoms with van der Waals surface area (Å²) in [6.45, 7) is 4.20. The second-order valence-corrected chi connectivity index (χ2v) is 11.6. The summed E-state index contributed by atoms with van der Waals surface area (Å²) in [5.74, 6) is -3.85. The molecule has 2 aliphatic rings. The molecule has 2 heterocycles. The summed E-state index contributed by atoms with van der Waals surface area (Å²) in [4.78, 5) is 55.1. The van der Waals surface area contributed by atoms with Crippen LogP contribution in [-0.2, 0) is 33.8 Å². The summed E-state index contributed by atoms with van der Waals surface area (Å²) >= 11 is 0. The number of hydrogen-bond donors (Lipinski definition) is 4. The van der Waals surface area contributed by atoms with Gasteiger partial charge in [-0.3, -0.25) is 19.7 Å². The molecule has 11 nitrogen and oxygen atoms in total. The number of fused-ring (bicyclic) bond motifs is 1. The van der Waals surface area contributed by atoms with E-state index in [9.17, 15) is 24.3 Å². The summed E-state index contributed by atoms with van der Waals surface area (Å²) in [5.41, 5.74) is 6.99. The van der Waals surface area contributed by atoms with Crippen LogP contribution in [0, 0.1) is 11.8 Å². The smallest absolute Gasteiger partial charge is 0.324 e. The van der Waals surface area contributed by atoms with Crippen molar-refractivity contribution in [2.24, 2.45) is 17.6 Å². The highest BCUT2D eigenvalue weighted by molar-refractivity contribution is 6.25. The number of nitrogens with one attached hydrogen (secondary N) is 2. The third-order valence-corrected chi connectivity index (χ3v) is 9.06. The van der Waals surface area contributed by atoms with Crippen LogP contribution < -0.4 is 30.7 Å². The number of carbonyl (C=O) groups is 4. The number of benzene rings is 3. The molecule has 3 aromatic carbocycles. The first-order valence-electron chi connectivity index (χ1n) is 15.5. The van der Waals surface area contributed by atoms with Gasteiger partial charge in [-0.1, -0.05) is 74.5 Å². The summed E-state index contributed by atoms with van der Waals surface area (Å²) < 4.78 is 12.0. The molecule has 2 aliphatic heterocycles. The molecule has 2 saturated heterocycles. The number of carboxylic acid groups (broad SMARTS) is 1. The Kier molecular flexibility index (Phi) is 9.62.